The second kappa shape index (κ2) is 7.79. The molecule has 3 aromatic rings. The molecule has 6 nitrogen and oxygen atoms in total. The van der Waals surface area contributed by atoms with Crippen molar-refractivity contribution < 1.29 is 4.79 Å². The van der Waals surface area contributed by atoms with E-state index in [0.29, 0.717) is 5.13 Å². The molecule has 0 spiro atoms. The predicted octanol–water partition coefficient (Wildman–Crippen LogP) is 3.85. The maximum Gasteiger partial charge on any atom is 0.239 e. The number of hydrogen-bond acceptors (Lipinski definition) is 6. The van der Waals surface area contributed by atoms with Crippen molar-refractivity contribution in [1.29, 1.82) is 0 Å². The van der Waals surface area contributed by atoms with Gasteiger partial charge in [-0.1, -0.05) is 42.1 Å². The SMILES string of the molecule is CCn1c(SC(C)C(=O)Nc2nc(C)cs2)nnc1-c1ccccc1. The molecule has 1 unspecified atom stereocenters. The summed E-state index contributed by atoms with van der Waals surface area (Å²) in [5, 5.41) is 14.4. The molecule has 0 bridgehead atoms. The van der Waals surface area contributed by atoms with Gasteiger partial charge in [0.1, 0.15) is 0 Å². The highest BCUT2D eigenvalue weighted by molar-refractivity contribution is 8.00. The van der Waals surface area contributed by atoms with Crippen LogP contribution < -0.4 is 5.32 Å². The van der Waals surface area contributed by atoms with Crippen LogP contribution in [0.3, 0.4) is 0 Å². The monoisotopic (exact) mass is 373 g/mol. The van der Waals surface area contributed by atoms with Crippen LogP contribution in [0.25, 0.3) is 11.4 Å². The fraction of sp³-hybridized carbons (Fsp3) is 0.294. The number of amides is 1. The summed E-state index contributed by atoms with van der Waals surface area (Å²) in [7, 11) is 0. The van der Waals surface area contributed by atoms with Crippen LogP contribution in [0.5, 0.6) is 0 Å². The summed E-state index contributed by atoms with van der Waals surface area (Å²) in [6, 6.07) is 9.93. The van der Waals surface area contributed by atoms with Gasteiger partial charge in [-0.2, -0.15) is 0 Å². The predicted molar refractivity (Wildman–Crippen MR) is 102 cm³/mol. The van der Waals surface area contributed by atoms with E-state index in [0.717, 1.165) is 28.8 Å². The van der Waals surface area contributed by atoms with Crippen LogP contribution in [0.1, 0.15) is 19.5 Å². The van der Waals surface area contributed by atoms with Crippen molar-refractivity contribution in [3.05, 3.63) is 41.4 Å². The molecule has 1 aromatic carbocycles. The highest BCUT2D eigenvalue weighted by Gasteiger charge is 2.21. The number of rotatable bonds is 6. The molecule has 2 aromatic heterocycles. The second-order valence-corrected chi connectivity index (χ2v) is 7.63. The lowest BCUT2D eigenvalue weighted by atomic mass is 10.2. The second-order valence-electron chi connectivity index (χ2n) is 5.46. The average Bonchev–Trinajstić information content (AvgIpc) is 3.21. The Morgan fingerprint density at radius 3 is 2.72 bits per heavy atom. The molecule has 0 aliphatic heterocycles. The van der Waals surface area contributed by atoms with Gasteiger partial charge in [0.25, 0.3) is 0 Å². The Labute approximate surface area is 154 Å². The van der Waals surface area contributed by atoms with Crippen molar-refractivity contribution in [2.45, 2.75) is 37.7 Å². The third-order valence-electron chi connectivity index (χ3n) is 3.57. The summed E-state index contributed by atoms with van der Waals surface area (Å²) >= 11 is 2.82. The van der Waals surface area contributed by atoms with Gasteiger partial charge in [-0.05, 0) is 20.8 Å². The van der Waals surface area contributed by atoms with Gasteiger partial charge in [0.15, 0.2) is 16.1 Å². The number of anilines is 1. The Hall–Kier alpha value is -2.19. The van der Waals surface area contributed by atoms with Crippen molar-refractivity contribution in [2.75, 3.05) is 5.32 Å². The van der Waals surface area contributed by atoms with Crippen molar-refractivity contribution in [1.82, 2.24) is 19.7 Å². The molecule has 0 aliphatic carbocycles. The minimum Gasteiger partial charge on any atom is -0.302 e. The van der Waals surface area contributed by atoms with Gasteiger partial charge in [0, 0.05) is 17.5 Å². The number of carbonyl (C=O) groups is 1. The summed E-state index contributed by atoms with van der Waals surface area (Å²) in [4.78, 5) is 16.6. The molecule has 2 heterocycles. The number of thiazole rings is 1. The topological polar surface area (TPSA) is 72.7 Å². The summed E-state index contributed by atoms with van der Waals surface area (Å²) in [5.41, 5.74) is 1.91. The third-order valence-corrected chi connectivity index (χ3v) is 5.52. The fourth-order valence-electron chi connectivity index (χ4n) is 2.29. The number of aromatic nitrogens is 4. The van der Waals surface area contributed by atoms with Crippen LogP contribution in [-0.2, 0) is 11.3 Å². The van der Waals surface area contributed by atoms with Crippen LogP contribution in [-0.4, -0.2) is 30.9 Å². The minimum absolute atomic E-state index is 0.0914. The van der Waals surface area contributed by atoms with E-state index in [-0.39, 0.29) is 11.2 Å². The van der Waals surface area contributed by atoms with Gasteiger partial charge < -0.3 is 9.88 Å². The molecule has 0 fully saturated rings. The molecule has 25 heavy (non-hydrogen) atoms. The number of benzene rings is 1. The zero-order valence-corrected chi connectivity index (χ0v) is 15.9. The summed E-state index contributed by atoms with van der Waals surface area (Å²) in [5.74, 6) is 0.722. The van der Waals surface area contributed by atoms with E-state index in [2.05, 4.69) is 20.5 Å². The maximum atomic E-state index is 12.4. The number of carbonyl (C=O) groups excluding carboxylic acids is 1. The van der Waals surface area contributed by atoms with E-state index >= 15 is 0 Å². The van der Waals surface area contributed by atoms with E-state index in [9.17, 15) is 4.79 Å². The Bertz CT molecular complexity index is 859. The zero-order valence-electron chi connectivity index (χ0n) is 14.3. The van der Waals surface area contributed by atoms with Gasteiger partial charge in [0.2, 0.25) is 5.91 Å². The molecule has 1 atom stereocenters. The standard InChI is InChI=1S/C17H19N5OS2/c1-4-22-14(13-8-6-5-7-9-13)20-21-17(22)25-12(3)15(23)19-16-18-11(2)10-24-16/h5-10,12H,4H2,1-3H3,(H,18,19,23). The highest BCUT2D eigenvalue weighted by atomic mass is 32.2. The minimum atomic E-state index is -0.303. The molecule has 1 amide bonds. The molecule has 1 N–H and O–H groups in total. The Morgan fingerprint density at radius 1 is 1.32 bits per heavy atom. The summed E-state index contributed by atoms with van der Waals surface area (Å²) < 4.78 is 2.03. The quantitative estimate of drug-likeness (QED) is 0.665. The van der Waals surface area contributed by atoms with Crippen molar-refractivity contribution in [3.8, 4) is 11.4 Å². The number of aryl methyl sites for hydroxylation is 1. The third kappa shape index (κ3) is 4.08. The molecule has 0 radical (unpaired) electrons. The Kier molecular flexibility index (Phi) is 5.50. The van der Waals surface area contributed by atoms with Crippen LogP contribution in [0.15, 0.2) is 40.9 Å². The first-order chi connectivity index (χ1) is 12.1. The average molecular weight is 374 g/mol. The lowest BCUT2D eigenvalue weighted by Gasteiger charge is -2.11. The smallest absolute Gasteiger partial charge is 0.239 e. The largest absolute Gasteiger partial charge is 0.302 e. The zero-order chi connectivity index (χ0) is 17.8. The van der Waals surface area contributed by atoms with Crippen LogP contribution in [0.2, 0.25) is 0 Å². The van der Waals surface area contributed by atoms with E-state index in [1.54, 1.807) is 0 Å². The van der Waals surface area contributed by atoms with Gasteiger partial charge in [0.05, 0.1) is 10.9 Å². The summed E-state index contributed by atoms with van der Waals surface area (Å²) in [6.45, 7) is 6.54. The Morgan fingerprint density at radius 2 is 2.08 bits per heavy atom. The van der Waals surface area contributed by atoms with Crippen LogP contribution in [0.4, 0.5) is 5.13 Å². The normalized spacial score (nSPS) is 12.1. The molecule has 0 saturated carbocycles. The van der Waals surface area contributed by atoms with E-state index in [4.69, 9.17) is 0 Å². The molecule has 0 aliphatic rings. The van der Waals surface area contributed by atoms with Gasteiger partial charge in [-0.15, -0.1) is 21.5 Å². The van der Waals surface area contributed by atoms with Gasteiger partial charge in [-0.3, -0.25) is 4.79 Å². The number of thioether (sulfide) groups is 1. The molecular formula is C17H19N5OS2. The van der Waals surface area contributed by atoms with E-state index in [1.165, 1.54) is 23.1 Å². The van der Waals surface area contributed by atoms with Crippen molar-refractivity contribution in [3.63, 3.8) is 0 Å². The molecule has 3 rings (SSSR count). The molecule has 130 valence electrons. The van der Waals surface area contributed by atoms with Crippen molar-refractivity contribution in [2.24, 2.45) is 0 Å². The maximum absolute atomic E-state index is 12.4. The van der Waals surface area contributed by atoms with E-state index < -0.39 is 0 Å². The van der Waals surface area contributed by atoms with Gasteiger partial charge >= 0.3 is 0 Å². The first kappa shape index (κ1) is 17.6. The number of nitrogens with one attached hydrogen (secondary N) is 1. The first-order valence-electron chi connectivity index (χ1n) is 7.96. The molecular weight excluding hydrogens is 354 g/mol. The van der Waals surface area contributed by atoms with Gasteiger partial charge in [-0.25, -0.2) is 4.98 Å². The lowest BCUT2D eigenvalue weighted by Crippen LogP contribution is -2.22. The summed E-state index contributed by atoms with van der Waals surface area (Å²) in [6.07, 6.45) is 0. The van der Waals surface area contributed by atoms with Crippen LogP contribution >= 0.6 is 23.1 Å². The van der Waals surface area contributed by atoms with Crippen LogP contribution in [0, 0.1) is 6.92 Å². The number of nitrogens with zero attached hydrogens (tertiary/aromatic N) is 4. The fourth-order valence-corrected chi connectivity index (χ4v) is 3.90. The molecule has 0 saturated heterocycles. The highest BCUT2D eigenvalue weighted by Crippen LogP contribution is 2.27. The van der Waals surface area contributed by atoms with E-state index in [1.807, 2.05) is 61.1 Å². The van der Waals surface area contributed by atoms with Crippen molar-refractivity contribution >= 4 is 34.1 Å². The molecule has 8 heteroatoms. The number of hydrogen-bond donors (Lipinski definition) is 1. The first-order valence-corrected chi connectivity index (χ1v) is 9.72. The lowest BCUT2D eigenvalue weighted by molar-refractivity contribution is -0.115. The Balaban J connectivity index is 1.74.